The van der Waals surface area contributed by atoms with Crippen LogP contribution in [-0.2, 0) is 0 Å². The molecule has 0 radical (unpaired) electrons. The van der Waals surface area contributed by atoms with Gasteiger partial charge in [0.25, 0.3) is 5.89 Å². The Hall–Kier alpha value is -1.51. The average molecular weight is 436 g/mol. The lowest BCUT2D eigenvalue weighted by Crippen LogP contribution is -2.55. The molecular weight excluding hydrogens is 410 g/mol. The topological polar surface area (TPSA) is 87.3 Å². The summed E-state index contributed by atoms with van der Waals surface area (Å²) < 4.78 is 6.22. The van der Waals surface area contributed by atoms with Gasteiger partial charge in [0.05, 0.1) is 11.7 Å². The second kappa shape index (κ2) is 8.24. The number of rotatable bonds is 4. The van der Waals surface area contributed by atoms with E-state index < -0.39 is 6.10 Å². The highest BCUT2D eigenvalue weighted by Gasteiger charge is 2.31. The Kier molecular flexibility index (Phi) is 5.75. The molecule has 3 heterocycles. The van der Waals surface area contributed by atoms with Gasteiger partial charge in [0.1, 0.15) is 5.82 Å². The van der Waals surface area contributed by atoms with Crippen molar-refractivity contribution >= 4 is 21.7 Å². The summed E-state index contributed by atoms with van der Waals surface area (Å²) in [7, 11) is 0. The number of aromatic nitrogens is 3. The summed E-state index contributed by atoms with van der Waals surface area (Å²) in [4.78, 5) is 11.0. The van der Waals surface area contributed by atoms with Gasteiger partial charge in [-0.3, -0.25) is 0 Å². The van der Waals surface area contributed by atoms with Crippen molar-refractivity contribution in [2.75, 3.05) is 18.0 Å². The van der Waals surface area contributed by atoms with E-state index in [1.165, 1.54) is 32.1 Å². The van der Waals surface area contributed by atoms with Crippen molar-refractivity contribution in [2.45, 2.75) is 63.6 Å². The molecule has 2 aromatic rings. The highest BCUT2D eigenvalue weighted by molar-refractivity contribution is 9.10. The van der Waals surface area contributed by atoms with Crippen LogP contribution in [-0.4, -0.2) is 51.5 Å². The number of β-amino-alcohol motifs (C(OH)–C–C–N with tert-alkyl or cyclic N) is 1. The first kappa shape index (κ1) is 18.8. The van der Waals surface area contributed by atoms with Crippen molar-refractivity contribution in [2.24, 2.45) is 0 Å². The quantitative estimate of drug-likeness (QED) is 0.762. The van der Waals surface area contributed by atoms with Crippen molar-refractivity contribution < 1.29 is 9.63 Å². The van der Waals surface area contributed by atoms with E-state index in [1.54, 1.807) is 13.1 Å². The van der Waals surface area contributed by atoms with E-state index in [4.69, 9.17) is 4.52 Å². The molecule has 146 valence electrons. The Morgan fingerprint density at radius 3 is 2.78 bits per heavy atom. The van der Waals surface area contributed by atoms with Crippen LogP contribution in [0.1, 0.15) is 44.3 Å². The molecule has 2 atom stereocenters. The van der Waals surface area contributed by atoms with Gasteiger partial charge in [-0.2, -0.15) is 4.98 Å². The van der Waals surface area contributed by atoms with E-state index in [1.807, 2.05) is 6.07 Å². The fourth-order valence-corrected chi connectivity index (χ4v) is 4.47. The molecule has 0 amide bonds. The smallest absolute Gasteiger partial charge is 0.261 e. The predicted molar refractivity (Wildman–Crippen MR) is 107 cm³/mol. The lowest BCUT2D eigenvalue weighted by atomic mass is 9.92. The number of halogens is 1. The molecule has 1 saturated heterocycles. The predicted octanol–water partition coefficient (Wildman–Crippen LogP) is 3.06. The molecule has 2 aromatic heterocycles. The zero-order valence-electron chi connectivity index (χ0n) is 15.6. The number of nitrogens with one attached hydrogen (secondary N) is 1. The lowest BCUT2D eigenvalue weighted by Gasteiger charge is -2.39. The standard InChI is InChI=1S/C19H26BrN5O2/c1-12-22-19(27-24-12)15-9-13(20)10-21-18(15)25-8-7-16(17(26)11-25)23-14-5-3-2-4-6-14/h9-10,14,16-17,23,26H,2-8,11H2,1H3/t16?,17-/m1/s1. The number of hydrogen-bond donors (Lipinski definition) is 2. The van der Waals surface area contributed by atoms with Crippen LogP contribution in [0.2, 0.25) is 0 Å². The van der Waals surface area contributed by atoms with Crippen LogP contribution in [0, 0.1) is 6.92 Å². The van der Waals surface area contributed by atoms with Gasteiger partial charge < -0.3 is 19.8 Å². The van der Waals surface area contributed by atoms with E-state index in [-0.39, 0.29) is 6.04 Å². The van der Waals surface area contributed by atoms with E-state index in [2.05, 4.69) is 41.3 Å². The Morgan fingerprint density at radius 1 is 1.26 bits per heavy atom. The molecule has 0 bridgehead atoms. The molecule has 0 spiro atoms. The average Bonchev–Trinajstić information content (AvgIpc) is 3.10. The van der Waals surface area contributed by atoms with Gasteiger partial charge in [-0.05, 0) is 48.2 Å². The second-order valence-corrected chi connectivity index (χ2v) is 8.50. The summed E-state index contributed by atoms with van der Waals surface area (Å²) in [5, 5.41) is 18.3. The van der Waals surface area contributed by atoms with Gasteiger partial charge in [-0.15, -0.1) is 0 Å². The monoisotopic (exact) mass is 435 g/mol. The molecule has 2 aliphatic rings. The van der Waals surface area contributed by atoms with E-state index in [9.17, 15) is 5.11 Å². The van der Waals surface area contributed by atoms with Gasteiger partial charge in [0, 0.05) is 35.8 Å². The third-order valence-electron chi connectivity index (χ3n) is 5.53. The van der Waals surface area contributed by atoms with Crippen LogP contribution in [0.25, 0.3) is 11.5 Å². The van der Waals surface area contributed by atoms with Crippen molar-refractivity contribution in [3.8, 4) is 11.5 Å². The molecule has 1 aliphatic heterocycles. The zero-order chi connectivity index (χ0) is 18.8. The maximum atomic E-state index is 10.8. The molecule has 2 N–H and O–H groups in total. The zero-order valence-corrected chi connectivity index (χ0v) is 17.2. The molecular formula is C19H26BrN5O2. The van der Waals surface area contributed by atoms with E-state index >= 15 is 0 Å². The Bertz CT molecular complexity index is 777. The summed E-state index contributed by atoms with van der Waals surface area (Å²) in [5.41, 5.74) is 0.788. The van der Waals surface area contributed by atoms with Crippen molar-refractivity contribution in [3.05, 3.63) is 22.6 Å². The largest absolute Gasteiger partial charge is 0.390 e. The van der Waals surface area contributed by atoms with Crippen LogP contribution in [0.4, 0.5) is 5.82 Å². The summed E-state index contributed by atoms with van der Waals surface area (Å²) in [6.07, 6.45) is 8.60. The molecule has 1 unspecified atom stereocenters. The van der Waals surface area contributed by atoms with Crippen molar-refractivity contribution in [1.29, 1.82) is 0 Å². The fourth-order valence-electron chi connectivity index (χ4n) is 4.14. The lowest BCUT2D eigenvalue weighted by molar-refractivity contribution is 0.103. The minimum atomic E-state index is -0.427. The highest BCUT2D eigenvalue weighted by atomic mass is 79.9. The first-order valence-corrected chi connectivity index (χ1v) is 10.5. The summed E-state index contributed by atoms with van der Waals surface area (Å²) >= 11 is 3.47. The number of aliphatic hydroxyl groups is 1. The SMILES string of the molecule is Cc1noc(-c2cc(Br)cnc2N2CCC(NC3CCCCC3)[C@H](O)C2)n1. The fraction of sp³-hybridized carbons (Fsp3) is 0.632. The van der Waals surface area contributed by atoms with Crippen LogP contribution in [0.3, 0.4) is 0 Å². The Balaban J connectivity index is 1.49. The number of piperidine rings is 1. The third-order valence-corrected chi connectivity index (χ3v) is 5.96. The molecule has 7 nitrogen and oxygen atoms in total. The highest BCUT2D eigenvalue weighted by Crippen LogP contribution is 2.32. The van der Waals surface area contributed by atoms with Gasteiger partial charge in [0.2, 0.25) is 0 Å². The van der Waals surface area contributed by atoms with Gasteiger partial charge in [0.15, 0.2) is 5.82 Å². The van der Waals surface area contributed by atoms with Crippen LogP contribution in [0.5, 0.6) is 0 Å². The van der Waals surface area contributed by atoms with Crippen molar-refractivity contribution in [3.63, 3.8) is 0 Å². The van der Waals surface area contributed by atoms with Gasteiger partial charge >= 0.3 is 0 Å². The van der Waals surface area contributed by atoms with Gasteiger partial charge in [-0.1, -0.05) is 24.4 Å². The second-order valence-electron chi connectivity index (χ2n) is 7.58. The molecule has 27 heavy (non-hydrogen) atoms. The van der Waals surface area contributed by atoms with Crippen LogP contribution < -0.4 is 10.2 Å². The molecule has 2 fully saturated rings. The maximum Gasteiger partial charge on any atom is 0.261 e. The number of hydrogen-bond acceptors (Lipinski definition) is 7. The summed E-state index contributed by atoms with van der Waals surface area (Å²) in [6.45, 7) is 3.17. The first-order chi connectivity index (χ1) is 13.1. The Morgan fingerprint density at radius 2 is 2.07 bits per heavy atom. The maximum absolute atomic E-state index is 10.8. The third kappa shape index (κ3) is 4.33. The molecule has 1 aliphatic carbocycles. The Labute approximate surface area is 167 Å². The van der Waals surface area contributed by atoms with E-state index in [0.717, 1.165) is 28.8 Å². The normalized spacial score (nSPS) is 24.3. The minimum absolute atomic E-state index is 0.147. The number of anilines is 1. The van der Waals surface area contributed by atoms with Crippen LogP contribution >= 0.6 is 15.9 Å². The van der Waals surface area contributed by atoms with E-state index in [0.29, 0.717) is 24.3 Å². The number of aryl methyl sites for hydroxylation is 1. The number of pyridine rings is 1. The minimum Gasteiger partial charge on any atom is -0.390 e. The van der Waals surface area contributed by atoms with Crippen molar-refractivity contribution in [1.82, 2.24) is 20.4 Å². The summed E-state index contributed by atoms with van der Waals surface area (Å²) in [5.74, 6) is 1.82. The van der Waals surface area contributed by atoms with Crippen LogP contribution in [0.15, 0.2) is 21.3 Å². The molecule has 8 heteroatoms. The first-order valence-electron chi connectivity index (χ1n) is 9.75. The number of nitrogens with zero attached hydrogens (tertiary/aromatic N) is 4. The molecule has 4 rings (SSSR count). The van der Waals surface area contributed by atoms with Gasteiger partial charge in [-0.25, -0.2) is 4.98 Å². The molecule has 0 aromatic carbocycles. The molecule has 1 saturated carbocycles. The number of aliphatic hydroxyl groups excluding tert-OH is 1. The summed E-state index contributed by atoms with van der Waals surface area (Å²) in [6, 6.07) is 2.63.